The number of ether oxygens (including phenoxy) is 1. The third kappa shape index (κ3) is 2.03. The summed E-state index contributed by atoms with van der Waals surface area (Å²) < 4.78 is 5.45. The van der Waals surface area contributed by atoms with Gasteiger partial charge in [-0.1, -0.05) is 18.2 Å². The number of rotatable bonds is 2. The zero-order valence-corrected chi connectivity index (χ0v) is 12.1. The molecular formula is C16H19N3O2. The maximum Gasteiger partial charge on any atom is 0.275 e. The number of benzene rings is 1. The molecule has 1 saturated carbocycles. The minimum atomic E-state index is 0.0517. The number of para-hydroxylation sites is 1. The van der Waals surface area contributed by atoms with Crippen molar-refractivity contribution in [3.63, 3.8) is 0 Å². The number of carbonyl (C=O) groups is 1. The number of fused-ring (bicyclic) bond motifs is 2. The first-order valence-corrected chi connectivity index (χ1v) is 7.51. The van der Waals surface area contributed by atoms with E-state index in [1.807, 2.05) is 29.2 Å². The molecule has 1 N–H and O–H groups in total. The lowest BCUT2D eigenvalue weighted by Crippen LogP contribution is -2.30. The smallest absolute Gasteiger partial charge is 0.275 e. The van der Waals surface area contributed by atoms with Crippen molar-refractivity contribution < 1.29 is 9.53 Å². The summed E-state index contributed by atoms with van der Waals surface area (Å²) in [5.74, 6) is 1.23. The second-order valence-corrected chi connectivity index (χ2v) is 6.18. The first kappa shape index (κ1) is 12.8. The van der Waals surface area contributed by atoms with Crippen LogP contribution in [0.15, 0.2) is 24.3 Å². The van der Waals surface area contributed by atoms with E-state index in [1.165, 1.54) is 0 Å². The lowest BCUT2D eigenvalue weighted by atomic mass is 10.0. The molecule has 21 heavy (non-hydrogen) atoms. The molecule has 0 radical (unpaired) electrons. The van der Waals surface area contributed by atoms with Gasteiger partial charge in [-0.3, -0.25) is 9.89 Å². The van der Waals surface area contributed by atoms with Gasteiger partial charge in [0.1, 0.15) is 0 Å². The second kappa shape index (κ2) is 4.84. The Kier molecular flexibility index (Phi) is 2.96. The summed E-state index contributed by atoms with van der Waals surface area (Å²) in [4.78, 5) is 14.7. The van der Waals surface area contributed by atoms with Gasteiger partial charge >= 0.3 is 0 Å². The number of likely N-dealkylation sites (tertiary alicyclic amines) is 1. The van der Waals surface area contributed by atoms with Gasteiger partial charge in [0.05, 0.1) is 11.6 Å². The highest BCUT2D eigenvalue weighted by molar-refractivity contribution is 6.04. The van der Waals surface area contributed by atoms with Gasteiger partial charge in [0.25, 0.3) is 5.91 Å². The van der Waals surface area contributed by atoms with E-state index in [0.717, 1.165) is 36.8 Å². The van der Waals surface area contributed by atoms with Crippen molar-refractivity contribution in [2.24, 2.45) is 11.8 Å². The van der Waals surface area contributed by atoms with Gasteiger partial charge in [-0.15, -0.1) is 0 Å². The standard InChI is InChI=1S/C16H19N3O2/c1-21-12-6-10-8-19(9-11(10)7-12)16(20)15-13-4-2-3-5-14(13)17-18-15/h2-5,10-12H,6-9H2,1H3,(H,17,18)/t10-,11+,12?. The van der Waals surface area contributed by atoms with E-state index in [1.54, 1.807) is 7.11 Å². The maximum atomic E-state index is 12.7. The topological polar surface area (TPSA) is 58.2 Å². The summed E-state index contributed by atoms with van der Waals surface area (Å²) in [6.45, 7) is 1.68. The average molecular weight is 285 g/mol. The van der Waals surface area contributed by atoms with Crippen LogP contribution in [0.2, 0.25) is 0 Å². The Bertz CT molecular complexity index is 667. The Morgan fingerprint density at radius 2 is 2.00 bits per heavy atom. The average Bonchev–Trinajstić information content (AvgIpc) is 3.18. The molecule has 4 rings (SSSR count). The fraction of sp³-hybridized carbons (Fsp3) is 0.500. The molecule has 1 saturated heterocycles. The Balaban J connectivity index is 1.55. The van der Waals surface area contributed by atoms with Crippen LogP contribution in [-0.2, 0) is 4.74 Å². The highest BCUT2D eigenvalue weighted by Gasteiger charge is 2.43. The Morgan fingerprint density at radius 1 is 1.29 bits per heavy atom. The number of methoxy groups -OCH3 is 1. The SMILES string of the molecule is COC1C[C@@H]2CN(C(=O)c3n[nH]c4ccccc34)C[C@@H]2C1. The number of hydrogen-bond donors (Lipinski definition) is 1. The minimum Gasteiger partial charge on any atom is -0.381 e. The monoisotopic (exact) mass is 285 g/mol. The molecule has 5 heteroatoms. The van der Waals surface area contributed by atoms with Gasteiger partial charge in [0, 0.05) is 25.6 Å². The van der Waals surface area contributed by atoms with Crippen molar-refractivity contribution in [3.8, 4) is 0 Å². The van der Waals surface area contributed by atoms with E-state index in [9.17, 15) is 4.79 Å². The van der Waals surface area contributed by atoms with E-state index in [-0.39, 0.29) is 5.91 Å². The van der Waals surface area contributed by atoms with Crippen molar-refractivity contribution in [1.29, 1.82) is 0 Å². The van der Waals surface area contributed by atoms with Crippen LogP contribution >= 0.6 is 0 Å². The van der Waals surface area contributed by atoms with Crippen molar-refractivity contribution in [2.75, 3.05) is 20.2 Å². The highest BCUT2D eigenvalue weighted by Crippen LogP contribution is 2.39. The van der Waals surface area contributed by atoms with Gasteiger partial charge < -0.3 is 9.64 Å². The predicted molar refractivity (Wildman–Crippen MR) is 79.0 cm³/mol. The first-order chi connectivity index (χ1) is 10.3. The van der Waals surface area contributed by atoms with Crippen LogP contribution in [0.25, 0.3) is 10.9 Å². The number of aromatic amines is 1. The fourth-order valence-electron chi connectivity index (χ4n) is 3.88. The third-order valence-corrected chi connectivity index (χ3v) is 5.00. The van der Waals surface area contributed by atoms with Crippen molar-refractivity contribution >= 4 is 16.8 Å². The number of hydrogen-bond acceptors (Lipinski definition) is 3. The Hall–Kier alpha value is -1.88. The molecule has 1 aliphatic heterocycles. The van der Waals surface area contributed by atoms with Crippen molar-refractivity contribution in [3.05, 3.63) is 30.0 Å². The molecule has 2 heterocycles. The summed E-state index contributed by atoms with van der Waals surface area (Å²) in [5.41, 5.74) is 1.47. The molecule has 110 valence electrons. The molecule has 2 fully saturated rings. The van der Waals surface area contributed by atoms with Gasteiger partial charge in [-0.25, -0.2) is 0 Å². The highest BCUT2D eigenvalue weighted by atomic mass is 16.5. The molecule has 1 aromatic carbocycles. The van der Waals surface area contributed by atoms with Crippen molar-refractivity contribution in [1.82, 2.24) is 15.1 Å². The predicted octanol–water partition coefficient (Wildman–Crippen LogP) is 2.06. The lowest BCUT2D eigenvalue weighted by Gasteiger charge is -2.18. The van der Waals surface area contributed by atoms with Gasteiger partial charge in [0.15, 0.2) is 5.69 Å². The van der Waals surface area contributed by atoms with Crippen LogP contribution in [0, 0.1) is 11.8 Å². The molecule has 1 aromatic heterocycles. The largest absolute Gasteiger partial charge is 0.381 e. The van der Waals surface area contributed by atoms with Crippen LogP contribution in [0.5, 0.6) is 0 Å². The Morgan fingerprint density at radius 3 is 2.71 bits per heavy atom. The van der Waals surface area contributed by atoms with Crippen LogP contribution in [0.4, 0.5) is 0 Å². The van der Waals surface area contributed by atoms with E-state index in [0.29, 0.717) is 23.6 Å². The minimum absolute atomic E-state index is 0.0517. The van der Waals surface area contributed by atoms with Crippen LogP contribution in [0.3, 0.4) is 0 Å². The van der Waals surface area contributed by atoms with Gasteiger partial charge in [0.2, 0.25) is 0 Å². The lowest BCUT2D eigenvalue weighted by molar-refractivity contribution is 0.0728. The molecule has 3 atom stereocenters. The van der Waals surface area contributed by atoms with Gasteiger partial charge in [-0.2, -0.15) is 5.10 Å². The summed E-state index contributed by atoms with van der Waals surface area (Å²) in [7, 11) is 1.78. The summed E-state index contributed by atoms with van der Waals surface area (Å²) in [6.07, 6.45) is 2.53. The molecule has 0 bridgehead atoms. The zero-order chi connectivity index (χ0) is 14.4. The first-order valence-electron chi connectivity index (χ1n) is 7.51. The summed E-state index contributed by atoms with van der Waals surface area (Å²) in [5, 5.41) is 8.08. The molecule has 2 aromatic rings. The van der Waals surface area contributed by atoms with E-state index < -0.39 is 0 Å². The van der Waals surface area contributed by atoms with Crippen LogP contribution in [0.1, 0.15) is 23.3 Å². The summed E-state index contributed by atoms with van der Waals surface area (Å²) in [6, 6.07) is 7.78. The van der Waals surface area contributed by atoms with E-state index in [2.05, 4.69) is 10.2 Å². The zero-order valence-electron chi connectivity index (χ0n) is 12.1. The number of nitrogens with one attached hydrogen (secondary N) is 1. The quantitative estimate of drug-likeness (QED) is 0.919. The van der Waals surface area contributed by atoms with E-state index >= 15 is 0 Å². The van der Waals surface area contributed by atoms with Gasteiger partial charge in [-0.05, 0) is 30.7 Å². The normalized spacial score (nSPS) is 28.2. The maximum absolute atomic E-state index is 12.7. The number of carbonyl (C=O) groups excluding carboxylic acids is 1. The molecule has 1 amide bonds. The van der Waals surface area contributed by atoms with E-state index in [4.69, 9.17) is 4.74 Å². The molecule has 2 aliphatic rings. The molecular weight excluding hydrogens is 266 g/mol. The van der Waals surface area contributed by atoms with Crippen molar-refractivity contribution in [2.45, 2.75) is 18.9 Å². The summed E-state index contributed by atoms with van der Waals surface area (Å²) >= 11 is 0. The fourth-order valence-corrected chi connectivity index (χ4v) is 3.88. The number of aromatic nitrogens is 2. The molecule has 5 nitrogen and oxygen atoms in total. The molecule has 1 aliphatic carbocycles. The number of amides is 1. The van der Waals surface area contributed by atoms with Crippen LogP contribution < -0.4 is 0 Å². The van der Waals surface area contributed by atoms with Crippen LogP contribution in [-0.4, -0.2) is 47.3 Å². The molecule has 0 spiro atoms. The third-order valence-electron chi connectivity index (χ3n) is 5.00. The second-order valence-electron chi connectivity index (χ2n) is 6.18. The molecule has 1 unspecified atom stereocenters. The number of nitrogens with zero attached hydrogens (tertiary/aromatic N) is 2. The Labute approximate surface area is 123 Å². The number of H-pyrrole nitrogens is 1.